The van der Waals surface area contributed by atoms with Crippen LogP contribution in [0.4, 0.5) is 0 Å². The number of ether oxygens (including phenoxy) is 2. The van der Waals surface area contributed by atoms with E-state index in [0.29, 0.717) is 6.42 Å². The fraction of sp³-hybridized carbons (Fsp3) is 0.750. The Labute approximate surface area is 107 Å². The van der Waals surface area contributed by atoms with Crippen molar-refractivity contribution in [1.29, 1.82) is 0 Å². The van der Waals surface area contributed by atoms with E-state index in [-0.39, 0.29) is 12.5 Å². The lowest BCUT2D eigenvalue weighted by Gasteiger charge is -2.26. The van der Waals surface area contributed by atoms with Crippen molar-refractivity contribution in [3.63, 3.8) is 0 Å². The van der Waals surface area contributed by atoms with Crippen molar-refractivity contribution in [3.8, 4) is 0 Å². The van der Waals surface area contributed by atoms with Gasteiger partial charge in [-0.2, -0.15) is 0 Å². The molecule has 6 heteroatoms. The van der Waals surface area contributed by atoms with Gasteiger partial charge in [0, 0.05) is 20.8 Å². The summed E-state index contributed by atoms with van der Waals surface area (Å²) >= 11 is 0. The maximum Gasteiger partial charge on any atom is 0.303 e. The summed E-state index contributed by atoms with van der Waals surface area (Å²) in [4.78, 5) is 32.9. The summed E-state index contributed by atoms with van der Waals surface area (Å²) in [7, 11) is 0. The first kappa shape index (κ1) is 16.4. The molecule has 0 rings (SSSR count). The minimum atomic E-state index is -0.657. The summed E-state index contributed by atoms with van der Waals surface area (Å²) in [6.07, 6.45) is 0.144. The molecule has 0 radical (unpaired) electrons. The molecule has 0 fully saturated rings. The van der Waals surface area contributed by atoms with Gasteiger partial charge in [0.1, 0.15) is 6.10 Å². The van der Waals surface area contributed by atoms with Crippen LogP contribution in [-0.2, 0) is 23.9 Å². The van der Waals surface area contributed by atoms with Crippen LogP contribution < -0.4 is 5.32 Å². The van der Waals surface area contributed by atoms with Crippen molar-refractivity contribution in [2.24, 2.45) is 0 Å². The Balaban J connectivity index is 4.66. The van der Waals surface area contributed by atoms with E-state index in [9.17, 15) is 14.4 Å². The molecule has 0 aromatic rings. The quantitative estimate of drug-likeness (QED) is 0.683. The van der Waals surface area contributed by atoms with Crippen molar-refractivity contribution in [3.05, 3.63) is 0 Å². The van der Waals surface area contributed by atoms with Gasteiger partial charge >= 0.3 is 11.9 Å². The molecule has 0 unspecified atom stereocenters. The van der Waals surface area contributed by atoms with Crippen molar-refractivity contribution < 1.29 is 23.9 Å². The van der Waals surface area contributed by atoms with Crippen LogP contribution in [0.1, 0.15) is 40.5 Å². The molecule has 0 aliphatic heterocycles. The van der Waals surface area contributed by atoms with Crippen LogP contribution in [0.3, 0.4) is 0 Å². The molecular weight excluding hydrogens is 238 g/mol. The van der Waals surface area contributed by atoms with Gasteiger partial charge in [-0.15, -0.1) is 0 Å². The van der Waals surface area contributed by atoms with Crippen molar-refractivity contribution in [2.45, 2.75) is 52.7 Å². The largest absolute Gasteiger partial charge is 0.459 e. The van der Waals surface area contributed by atoms with E-state index < -0.39 is 24.1 Å². The molecule has 0 saturated heterocycles. The Morgan fingerprint density at radius 1 is 1.00 bits per heavy atom. The zero-order valence-corrected chi connectivity index (χ0v) is 11.3. The molecule has 2 atom stereocenters. The molecule has 0 bridgehead atoms. The fourth-order valence-corrected chi connectivity index (χ4v) is 1.52. The Kier molecular flexibility index (Phi) is 7.74. The molecule has 0 saturated carbocycles. The van der Waals surface area contributed by atoms with Crippen molar-refractivity contribution >= 4 is 17.8 Å². The summed E-state index contributed by atoms with van der Waals surface area (Å²) in [5, 5.41) is 2.56. The third kappa shape index (κ3) is 7.65. The smallest absolute Gasteiger partial charge is 0.303 e. The first-order chi connectivity index (χ1) is 8.36. The average Bonchev–Trinajstić information content (AvgIpc) is 2.22. The van der Waals surface area contributed by atoms with Gasteiger partial charge in [-0.3, -0.25) is 14.4 Å². The molecule has 18 heavy (non-hydrogen) atoms. The lowest BCUT2D eigenvalue weighted by atomic mass is 10.1. The third-order valence-electron chi connectivity index (χ3n) is 2.17. The second-order valence-electron chi connectivity index (χ2n) is 4.02. The molecule has 0 aliphatic rings. The molecule has 0 aromatic carbocycles. The lowest BCUT2D eigenvalue weighted by molar-refractivity contribution is -0.165. The van der Waals surface area contributed by atoms with Crippen molar-refractivity contribution in [2.75, 3.05) is 6.54 Å². The molecule has 1 N–H and O–H groups in total. The highest BCUT2D eigenvalue weighted by Crippen LogP contribution is 2.11. The standard InChI is InChI=1S/C12H21NO5/c1-5-6-11(17-9(3)15)12(18-10(4)16)7-13-8(2)14/h11-12H,5-7H2,1-4H3,(H,13,14)/t11-,12+/m0/s1. The zero-order chi connectivity index (χ0) is 14.1. The molecule has 1 amide bonds. The number of amides is 1. The molecule has 0 aliphatic carbocycles. The van der Waals surface area contributed by atoms with Crippen LogP contribution in [0.2, 0.25) is 0 Å². The van der Waals surface area contributed by atoms with E-state index >= 15 is 0 Å². The normalized spacial score (nSPS) is 13.3. The van der Waals surface area contributed by atoms with Gasteiger partial charge in [0.15, 0.2) is 6.10 Å². The molecule has 0 heterocycles. The van der Waals surface area contributed by atoms with Gasteiger partial charge in [-0.25, -0.2) is 0 Å². The number of carbonyl (C=O) groups excluding carboxylic acids is 3. The van der Waals surface area contributed by atoms with Gasteiger partial charge in [-0.1, -0.05) is 13.3 Å². The maximum absolute atomic E-state index is 11.0. The van der Waals surface area contributed by atoms with Crippen LogP contribution in [0.5, 0.6) is 0 Å². The molecular formula is C12H21NO5. The zero-order valence-electron chi connectivity index (χ0n) is 11.3. The predicted octanol–water partition coefficient (Wildman–Crippen LogP) is 0.786. The first-order valence-electron chi connectivity index (χ1n) is 5.95. The summed E-state index contributed by atoms with van der Waals surface area (Å²) < 4.78 is 10.2. The minimum Gasteiger partial charge on any atom is -0.459 e. The second kappa shape index (κ2) is 8.49. The highest BCUT2D eigenvalue weighted by atomic mass is 16.6. The summed E-state index contributed by atoms with van der Waals surface area (Å²) in [5.41, 5.74) is 0. The Morgan fingerprint density at radius 3 is 1.89 bits per heavy atom. The van der Waals surface area contributed by atoms with Gasteiger partial charge in [0.2, 0.25) is 5.91 Å². The first-order valence-corrected chi connectivity index (χ1v) is 5.95. The summed E-state index contributed by atoms with van der Waals surface area (Å²) in [6, 6.07) is 0. The summed E-state index contributed by atoms with van der Waals surface area (Å²) in [6.45, 7) is 6.00. The average molecular weight is 259 g/mol. The third-order valence-corrected chi connectivity index (χ3v) is 2.17. The van der Waals surface area contributed by atoms with Gasteiger partial charge in [0.05, 0.1) is 6.54 Å². The van der Waals surface area contributed by atoms with E-state index in [2.05, 4.69) is 5.32 Å². The monoisotopic (exact) mass is 259 g/mol. The van der Waals surface area contributed by atoms with Crippen LogP contribution in [-0.4, -0.2) is 36.6 Å². The number of rotatable bonds is 7. The minimum absolute atomic E-state index is 0.132. The number of carbonyl (C=O) groups is 3. The van der Waals surface area contributed by atoms with Crippen LogP contribution in [0.25, 0.3) is 0 Å². The molecule has 0 aromatic heterocycles. The molecule has 6 nitrogen and oxygen atoms in total. The molecule has 0 spiro atoms. The number of nitrogens with one attached hydrogen (secondary N) is 1. The van der Waals surface area contributed by atoms with Crippen molar-refractivity contribution in [1.82, 2.24) is 5.32 Å². The Hall–Kier alpha value is -1.59. The molecule has 104 valence electrons. The number of hydrogen-bond donors (Lipinski definition) is 1. The SMILES string of the molecule is CCC[C@H](OC(C)=O)[C@@H](CNC(C)=O)OC(C)=O. The summed E-state index contributed by atoms with van der Waals surface area (Å²) in [5.74, 6) is -1.14. The Morgan fingerprint density at radius 2 is 1.50 bits per heavy atom. The Bertz CT molecular complexity index is 303. The topological polar surface area (TPSA) is 81.7 Å². The van der Waals surface area contributed by atoms with E-state index in [4.69, 9.17) is 9.47 Å². The van der Waals surface area contributed by atoms with E-state index in [1.54, 1.807) is 0 Å². The van der Waals surface area contributed by atoms with Crippen LogP contribution in [0, 0.1) is 0 Å². The predicted molar refractivity (Wildman–Crippen MR) is 64.7 cm³/mol. The fourth-order valence-electron chi connectivity index (χ4n) is 1.52. The van der Waals surface area contributed by atoms with Crippen LogP contribution >= 0.6 is 0 Å². The highest BCUT2D eigenvalue weighted by Gasteiger charge is 2.26. The lowest BCUT2D eigenvalue weighted by Crippen LogP contribution is -2.43. The van der Waals surface area contributed by atoms with Gasteiger partial charge < -0.3 is 14.8 Å². The van der Waals surface area contributed by atoms with Gasteiger partial charge in [-0.05, 0) is 6.42 Å². The second-order valence-corrected chi connectivity index (χ2v) is 4.02. The maximum atomic E-state index is 11.0. The highest BCUT2D eigenvalue weighted by molar-refractivity contribution is 5.73. The van der Waals surface area contributed by atoms with E-state index in [1.165, 1.54) is 20.8 Å². The van der Waals surface area contributed by atoms with E-state index in [1.807, 2.05) is 6.92 Å². The van der Waals surface area contributed by atoms with Crippen LogP contribution in [0.15, 0.2) is 0 Å². The van der Waals surface area contributed by atoms with Gasteiger partial charge in [0.25, 0.3) is 0 Å². The van der Waals surface area contributed by atoms with E-state index in [0.717, 1.165) is 6.42 Å². The number of esters is 2. The number of hydrogen-bond acceptors (Lipinski definition) is 5.